The van der Waals surface area contributed by atoms with Gasteiger partial charge in [-0.05, 0) is 19.9 Å². The molecule has 0 fully saturated rings. The van der Waals surface area contributed by atoms with Gasteiger partial charge in [-0.15, -0.1) is 0 Å². The number of hydrogen-bond acceptors (Lipinski definition) is 4. The Balaban J connectivity index is 0.00000208. The quantitative estimate of drug-likeness (QED) is 0.604. The fraction of sp³-hybridized carbons (Fsp3) is 0.333. The molecule has 2 aliphatic rings. The standard InChI is InChI=1S/C18H21N3O2.ClH/c1-5-21(6-2)12-7-8-14-16(10-12)23-17-11-13(20(3)4)9-15(22)18(17)19-14;/h7-11H,5-6H2,1-4H3;1H. The molecule has 0 amide bonds. The Bertz CT molecular complexity index is 872. The fourth-order valence-electron chi connectivity index (χ4n) is 2.78. The molecule has 24 heavy (non-hydrogen) atoms. The van der Waals surface area contributed by atoms with E-state index in [1.54, 1.807) is 6.07 Å². The Kier molecular flexibility index (Phi) is 5.34. The molecule has 1 aromatic rings. The van der Waals surface area contributed by atoms with Crippen molar-refractivity contribution in [1.29, 1.82) is 0 Å². The molecular formula is C18H22ClN3O2. The maximum Gasteiger partial charge on any atom is 0.295 e. The van der Waals surface area contributed by atoms with Crippen molar-refractivity contribution >= 4 is 22.5 Å². The lowest BCUT2D eigenvalue weighted by atomic mass is 10.1. The third kappa shape index (κ3) is 3.17. The second kappa shape index (κ2) is 7.09. The van der Waals surface area contributed by atoms with E-state index < -0.39 is 0 Å². The highest BCUT2D eigenvalue weighted by atomic mass is 35.5. The van der Waals surface area contributed by atoms with E-state index in [2.05, 4.69) is 23.7 Å². The van der Waals surface area contributed by atoms with Gasteiger partial charge in [0.1, 0.15) is 0 Å². The molecule has 1 N–H and O–H groups in total. The first-order valence-corrected chi connectivity index (χ1v) is 7.89. The monoisotopic (exact) mass is 347 g/mol. The van der Waals surface area contributed by atoms with Gasteiger partial charge in [0.25, 0.3) is 11.1 Å². The van der Waals surface area contributed by atoms with Crippen LogP contribution in [0.3, 0.4) is 0 Å². The number of halogens is 1. The van der Waals surface area contributed by atoms with Crippen molar-refractivity contribution < 1.29 is 21.8 Å². The van der Waals surface area contributed by atoms with Crippen LogP contribution in [0.1, 0.15) is 13.8 Å². The maximum absolute atomic E-state index is 12.3. The molecular weight excluding hydrogens is 326 g/mol. The number of hydrogen-bond donors (Lipinski definition) is 0. The Morgan fingerprint density at radius 2 is 1.75 bits per heavy atom. The zero-order valence-electron chi connectivity index (χ0n) is 14.4. The molecule has 1 aliphatic carbocycles. The number of nitrogens with zero attached hydrogens (tertiary/aromatic N) is 2. The highest BCUT2D eigenvalue weighted by molar-refractivity contribution is 5.77. The summed E-state index contributed by atoms with van der Waals surface area (Å²) in [7, 11) is 3.81. The molecule has 0 spiro atoms. The van der Waals surface area contributed by atoms with E-state index in [0.29, 0.717) is 11.5 Å². The van der Waals surface area contributed by atoms with E-state index in [1.165, 1.54) is 0 Å². The first-order valence-electron chi connectivity index (χ1n) is 7.89. The van der Waals surface area contributed by atoms with Crippen molar-refractivity contribution in [2.24, 2.45) is 0 Å². The Hall–Kier alpha value is -2.27. The van der Waals surface area contributed by atoms with E-state index in [9.17, 15) is 4.79 Å². The molecule has 0 radical (unpaired) electrons. The van der Waals surface area contributed by atoms with Crippen molar-refractivity contribution in [3.8, 4) is 11.5 Å². The number of aromatic amines is 1. The van der Waals surface area contributed by atoms with Gasteiger partial charge in [-0.3, -0.25) is 4.79 Å². The average molecular weight is 348 g/mol. The molecule has 0 saturated heterocycles. The normalized spacial score (nSPS) is 10.7. The van der Waals surface area contributed by atoms with Gasteiger partial charge >= 0.3 is 0 Å². The van der Waals surface area contributed by atoms with Gasteiger partial charge < -0.3 is 26.6 Å². The van der Waals surface area contributed by atoms with Crippen LogP contribution in [-0.4, -0.2) is 27.2 Å². The van der Waals surface area contributed by atoms with Gasteiger partial charge in [0.15, 0.2) is 0 Å². The number of anilines is 2. The van der Waals surface area contributed by atoms with E-state index in [-0.39, 0.29) is 17.8 Å². The van der Waals surface area contributed by atoms with Crippen LogP contribution in [0, 0.1) is 0 Å². The second-order valence-electron chi connectivity index (χ2n) is 5.79. The van der Waals surface area contributed by atoms with Crippen LogP contribution in [0.25, 0.3) is 22.6 Å². The Labute approximate surface area is 147 Å². The molecule has 6 heteroatoms. The first-order chi connectivity index (χ1) is 11.0. The number of fused-ring (bicyclic) bond motifs is 2. The molecule has 0 saturated carbocycles. The fourth-order valence-corrected chi connectivity index (χ4v) is 2.78. The van der Waals surface area contributed by atoms with Crippen molar-refractivity contribution in [3.05, 3.63) is 40.6 Å². The molecule has 5 nitrogen and oxygen atoms in total. The van der Waals surface area contributed by atoms with E-state index in [4.69, 9.17) is 4.42 Å². The van der Waals surface area contributed by atoms with E-state index >= 15 is 0 Å². The number of nitrogens with one attached hydrogen (secondary N) is 1. The predicted molar refractivity (Wildman–Crippen MR) is 93.5 cm³/mol. The smallest absolute Gasteiger partial charge is 0.295 e. The molecule has 0 atom stereocenters. The Morgan fingerprint density at radius 1 is 1.04 bits per heavy atom. The summed E-state index contributed by atoms with van der Waals surface area (Å²) in [4.78, 5) is 19.6. The zero-order valence-corrected chi connectivity index (χ0v) is 15.1. The third-order valence-electron chi connectivity index (χ3n) is 4.14. The molecule has 3 rings (SSSR count). The largest absolute Gasteiger partial charge is 1.00 e. The van der Waals surface area contributed by atoms with E-state index in [0.717, 1.165) is 35.6 Å². The van der Waals surface area contributed by atoms with Crippen LogP contribution in [0.5, 0.6) is 0 Å². The summed E-state index contributed by atoms with van der Waals surface area (Å²) in [6.07, 6.45) is 0. The minimum absolute atomic E-state index is 0. The molecule has 128 valence electrons. The van der Waals surface area contributed by atoms with Gasteiger partial charge in [0.2, 0.25) is 16.9 Å². The first kappa shape index (κ1) is 18.1. The molecule has 1 aromatic carbocycles. The van der Waals surface area contributed by atoms with Gasteiger partial charge in [0, 0.05) is 62.8 Å². The molecule has 0 bridgehead atoms. The van der Waals surface area contributed by atoms with Gasteiger partial charge in [-0.1, -0.05) is 0 Å². The van der Waals surface area contributed by atoms with Gasteiger partial charge in [0.05, 0.1) is 0 Å². The zero-order chi connectivity index (χ0) is 16.6. The van der Waals surface area contributed by atoms with Crippen LogP contribution in [-0.2, 0) is 0 Å². The van der Waals surface area contributed by atoms with Gasteiger partial charge in [-0.2, -0.15) is 4.98 Å². The van der Waals surface area contributed by atoms with Crippen LogP contribution >= 0.6 is 0 Å². The van der Waals surface area contributed by atoms with Crippen molar-refractivity contribution in [2.75, 3.05) is 37.0 Å². The number of aromatic nitrogens is 1. The van der Waals surface area contributed by atoms with Crippen LogP contribution in [0.15, 0.2) is 39.5 Å². The maximum atomic E-state index is 12.3. The third-order valence-corrected chi connectivity index (χ3v) is 4.14. The highest BCUT2D eigenvalue weighted by Crippen LogP contribution is 2.26. The summed E-state index contributed by atoms with van der Waals surface area (Å²) in [6.45, 7) is 6.14. The second-order valence-corrected chi connectivity index (χ2v) is 5.79. The molecule has 1 heterocycles. The van der Waals surface area contributed by atoms with Crippen LogP contribution in [0.2, 0.25) is 0 Å². The minimum Gasteiger partial charge on any atom is -1.00 e. The van der Waals surface area contributed by atoms with E-state index in [1.807, 2.05) is 43.3 Å². The summed E-state index contributed by atoms with van der Waals surface area (Å²) in [5.74, 6) is 0.574. The average Bonchev–Trinajstić information content (AvgIpc) is 2.54. The van der Waals surface area contributed by atoms with Crippen molar-refractivity contribution in [1.82, 2.24) is 0 Å². The van der Waals surface area contributed by atoms with Crippen LogP contribution in [0.4, 0.5) is 11.4 Å². The summed E-state index contributed by atoms with van der Waals surface area (Å²) in [5.41, 5.74) is 3.95. The molecule has 0 aromatic heterocycles. The summed E-state index contributed by atoms with van der Waals surface area (Å²) < 4.78 is 6.01. The summed E-state index contributed by atoms with van der Waals surface area (Å²) in [6, 6.07) is 9.53. The number of benzene rings is 2. The summed E-state index contributed by atoms with van der Waals surface area (Å²) >= 11 is 0. The molecule has 1 aliphatic heterocycles. The lowest BCUT2D eigenvalue weighted by Crippen LogP contribution is -3.00. The van der Waals surface area contributed by atoms with Crippen LogP contribution < -0.4 is 32.6 Å². The topological polar surface area (TPSA) is 50.8 Å². The lowest BCUT2D eigenvalue weighted by Gasteiger charge is -2.20. The lowest BCUT2D eigenvalue weighted by molar-refractivity contribution is -0.335. The number of H-pyrrole nitrogens is 1. The minimum atomic E-state index is -0.0651. The highest BCUT2D eigenvalue weighted by Gasteiger charge is 2.21. The van der Waals surface area contributed by atoms with Gasteiger partial charge in [-0.25, -0.2) is 0 Å². The summed E-state index contributed by atoms with van der Waals surface area (Å²) in [5, 5.41) is 0. The predicted octanol–water partition coefficient (Wildman–Crippen LogP) is -0.372. The number of rotatable bonds is 4. The Morgan fingerprint density at radius 3 is 2.38 bits per heavy atom. The van der Waals surface area contributed by atoms with Crippen molar-refractivity contribution in [2.45, 2.75) is 13.8 Å². The molecule has 0 unspecified atom stereocenters. The van der Waals surface area contributed by atoms with Crippen molar-refractivity contribution in [3.63, 3.8) is 0 Å². The SMILES string of the molecule is CCN(CC)c1ccc2[nH+]c3c(=O)cc(N(C)C)cc-3oc2c1.[Cl-].